The van der Waals surface area contributed by atoms with Crippen molar-refractivity contribution in [3.63, 3.8) is 0 Å². The number of piperidine rings is 1. The minimum Gasteiger partial charge on any atom is -0.385 e. The maximum Gasteiger partial charge on any atom is 0.116 e. The highest BCUT2D eigenvalue weighted by Gasteiger charge is 2.08. The molecule has 1 aliphatic rings. The fraction of sp³-hybridized carbons (Fsp3) is 0.529. The van der Waals surface area contributed by atoms with Gasteiger partial charge in [-0.2, -0.15) is 0 Å². The molecule has 118 valence electrons. The van der Waals surface area contributed by atoms with Gasteiger partial charge in [0.1, 0.15) is 4.64 Å². The molecule has 0 atom stereocenters. The topological polar surface area (TPSA) is 33.1 Å². The van der Waals surface area contributed by atoms with Gasteiger partial charge in [0.2, 0.25) is 0 Å². The lowest BCUT2D eigenvalue weighted by Crippen LogP contribution is -2.31. The van der Waals surface area contributed by atoms with Gasteiger partial charge in [0.05, 0.1) is 11.8 Å². The van der Waals surface area contributed by atoms with Crippen LogP contribution in [0.5, 0.6) is 0 Å². The van der Waals surface area contributed by atoms with Gasteiger partial charge in [0.25, 0.3) is 0 Å². The number of aryl methyl sites for hydroxylation is 1. The number of nitrogens with one attached hydrogen (secondary N) is 1. The standard InChI is InChI=1S/C17H24N4S/c1-20-13-19-16-12-14(6-7-15(16)17(20)22)18-8-5-11-21-9-3-2-4-10-21/h6-7,12-13,18H,2-5,8-11H2,1H3. The smallest absolute Gasteiger partial charge is 0.116 e. The highest BCUT2D eigenvalue weighted by Crippen LogP contribution is 2.18. The molecule has 0 spiro atoms. The van der Waals surface area contributed by atoms with Gasteiger partial charge < -0.3 is 14.8 Å². The molecule has 0 saturated carbocycles. The van der Waals surface area contributed by atoms with Crippen molar-refractivity contribution in [3.8, 4) is 0 Å². The summed E-state index contributed by atoms with van der Waals surface area (Å²) in [7, 11) is 1.93. The predicted molar refractivity (Wildman–Crippen MR) is 94.9 cm³/mol. The molecule has 1 fully saturated rings. The highest BCUT2D eigenvalue weighted by molar-refractivity contribution is 7.71. The first-order chi connectivity index (χ1) is 10.7. The number of nitrogens with zero attached hydrogens (tertiary/aromatic N) is 3. The van der Waals surface area contributed by atoms with E-state index in [2.05, 4.69) is 33.4 Å². The Morgan fingerprint density at radius 3 is 2.86 bits per heavy atom. The minimum absolute atomic E-state index is 0.835. The molecule has 2 heterocycles. The molecule has 1 aromatic carbocycles. The summed E-state index contributed by atoms with van der Waals surface area (Å²) >= 11 is 5.41. The fourth-order valence-corrected chi connectivity index (χ4v) is 3.26. The molecule has 3 rings (SSSR count). The predicted octanol–water partition coefficient (Wildman–Crippen LogP) is 3.59. The summed E-state index contributed by atoms with van der Waals surface area (Å²) in [5, 5.41) is 4.54. The number of benzene rings is 1. The van der Waals surface area contributed by atoms with Crippen LogP contribution in [0.15, 0.2) is 24.5 Å². The second kappa shape index (κ2) is 7.20. The Morgan fingerprint density at radius 1 is 1.23 bits per heavy atom. The molecule has 5 heteroatoms. The van der Waals surface area contributed by atoms with E-state index in [9.17, 15) is 0 Å². The van der Waals surface area contributed by atoms with Crippen LogP contribution in [-0.4, -0.2) is 40.6 Å². The maximum atomic E-state index is 5.41. The molecule has 1 N–H and O–H groups in total. The maximum absolute atomic E-state index is 5.41. The lowest BCUT2D eigenvalue weighted by atomic mass is 10.1. The van der Waals surface area contributed by atoms with E-state index >= 15 is 0 Å². The van der Waals surface area contributed by atoms with Crippen LogP contribution in [0.25, 0.3) is 10.9 Å². The van der Waals surface area contributed by atoms with E-state index in [1.54, 1.807) is 6.33 Å². The van der Waals surface area contributed by atoms with Crippen LogP contribution in [0.1, 0.15) is 25.7 Å². The Morgan fingerprint density at radius 2 is 2.05 bits per heavy atom. The molecule has 0 amide bonds. The Hall–Kier alpha value is -1.46. The van der Waals surface area contributed by atoms with Crippen molar-refractivity contribution in [2.45, 2.75) is 25.7 Å². The monoisotopic (exact) mass is 316 g/mol. The van der Waals surface area contributed by atoms with E-state index in [1.165, 1.54) is 45.3 Å². The van der Waals surface area contributed by atoms with Gasteiger partial charge in [0, 0.05) is 24.7 Å². The van der Waals surface area contributed by atoms with E-state index in [0.717, 1.165) is 27.8 Å². The van der Waals surface area contributed by atoms with Gasteiger partial charge in [-0.15, -0.1) is 0 Å². The molecule has 1 aromatic heterocycles. The quantitative estimate of drug-likeness (QED) is 0.675. The summed E-state index contributed by atoms with van der Waals surface area (Å²) in [6, 6.07) is 6.25. The van der Waals surface area contributed by atoms with Crippen molar-refractivity contribution in [1.82, 2.24) is 14.5 Å². The molecule has 2 aromatic rings. The highest BCUT2D eigenvalue weighted by atomic mass is 32.1. The summed E-state index contributed by atoms with van der Waals surface area (Å²) in [5.74, 6) is 0. The third-order valence-electron chi connectivity index (χ3n) is 4.35. The first-order valence-corrected chi connectivity index (χ1v) is 8.56. The van der Waals surface area contributed by atoms with E-state index in [4.69, 9.17) is 12.2 Å². The summed E-state index contributed by atoms with van der Waals surface area (Å²) in [6.45, 7) is 4.76. The first kappa shape index (κ1) is 15.4. The third kappa shape index (κ3) is 3.65. The number of likely N-dealkylation sites (tertiary alicyclic amines) is 1. The van der Waals surface area contributed by atoms with Crippen molar-refractivity contribution in [2.75, 3.05) is 31.5 Å². The molecule has 0 aliphatic carbocycles. The van der Waals surface area contributed by atoms with Crippen LogP contribution in [0, 0.1) is 4.64 Å². The summed E-state index contributed by atoms with van der Waals surface area (Å²) in [6.07, 6.45) is 7.10. The molecule has 0 bridgehead atoms. The molecule has 0 unspecified atom stereocenters. The van der Waals surface area contributed by atoms with Crippen molar-refractivity contribution >= 4 is 28.8 Å². The molecule has 22 heavy (non-hydrogen) atoms. The second-order valence-corrected chi connectivity index (χ2v) is 6.46. The number of hydrogen-bond donors (Lipinski definition) is 1. The number of anilines is 1. The number of aromatic nitrogens is 2. The van der Waals surface area contributed by atoms with Gasteiger partial charge in [-0.25, -0.2) is 4.98 Å². The lowest BCUT2D eigenvalue weighted by molar-refractivity contribution is 0.228. The Balaban J connectivity index is 1.55. The largest absolute Gasteiger partial charge is 0.385 e. The zero-order valence-electron chi connectivity index (χ0n) is 13.2. The van der Waals surface area contributed by atoms with E-state index < -0.39 is 0 Å². The van der Waals surface area contributed by atoms with Gasteiger partial charge in [-0.05, 0) is 57.1 Å². The van der Waals surface area contributed by atoms with E-state index in [-0.39, 0.29) is 0 Å². The Labute approximate surface area is 137 Å². The SMILES string of the molecule is Cn1cnc2cc(NCCCN3CCCCC3)ccc2c1=S. The van der Waals surface area contributed by atoms with Crippen LogP contribution >= 0.6 is 12.2 Å². The van der Waals surface area contributed by atoms with Gasteiger partial charge >= 0.3 is 0 Å². The summed E-state index contributed by atoms with van der Waals surface area (Å²) in [5.41, 5.74) is 2.09. The molecular formula is C17H24N4S. The van der Waals surface area contributed by atoms with Crippen LogP contribution in [0.3, 0.4) is 0 Å². The number of rotatable bonds is 5. The Bertz CT molecular complexity index is 689. The molecule has 1 saturated heterocycles. The molecular weight excluding hydrogens is 292 g/mol. The number of fused-ring (bicyclic) bond motifs is 1. The second-order valence-electron chi connectivity index (χ2n) is 6.08. The lowest BCUT2D eigenvalue weighted by Gasteiger charge is -2.26. The van der Waals surface area contributed by atoms with Crippen LogP contribution in [0.4, 0.5) is 5.69 Å². The van der Waals surface area contributed by atoms with Crippen molar-refractivity contribution in [2.24, 2.45) is 7.05 Å². The van der Waals surface area contributed by atoms with Gasteiger partial charge in [0.15, 0.2) is 0 Å². The Kier molecular flexibility index (Phi) is 5.05. The summed E-state index contributed by atoms with van der Waals surface area (Å²) in [4.78, 5) is 7.03. The number of hydrogen-bond acceptors (Lipinski definition) is 4. The van der Waals surface area contributed by atoms with Crippen LogP contribution < -0.4 is 5.32 Å². The minimum atomic E-state index is 0.835. The van der Waals surface area contributed by atoms with E-state index in [1.807, 2.05) is 11.6 Å². The molecule has 0 radical (unpaired) electrons. The van der Waals surface area contributed by atoms with Crippen molar-refractivity contribution in [1.29, 1.82) is 0 Å². The summed E-state index contributed by atoms with van der Waals surface area (Å²) < 4.78 is 2.71. The van der Waals surface area contributed by atoms with Crippen LogP contribution in [-0.2, 0) is 7.05 Å². The third-order valence-corrected chi connectivity index (χ3v) is 4.86. The first-order valence-electron chi connectivity index (χ1n) is 8.16. The fourth-order valence-electron chi connectivity index (χ4n) is 3.04. The zero-order valence-corrected chi connectivity index (χ0v) is 14.0. The van der Waals surface area contributed by atoms with Crippen molar-refractivity contribution < 1.29 is 0 Å². The molecule has 4 nitrogen and oxygen atoms in total. The van der Waals surface area contributed by atoms with Crippen LogP contribution in [0.2, 0.25) is 0 Å². The normalized spacial score (nSPS) is 16.0. The zero-order chi connectivity index (χ0) is 15.4. The van der Waals surface area contributed by atoms with E-state index in [0.29, 0.717) is 0 Å². The average molecular weight is 316 g/mol. The van der Waals surface area contributed by atoms with Gasteiger partial charge in [-0.3, -0.25) is 0 Å². The van der Waals surface area contributed by atoms with Gasteiger partial charge in [-0.1, -0.05) is 18.6 Å². The average Bonchev–Trinajstić information content (AvgIpc) is 2.56. The molecule has 1 aliphatic heterocycles. The van der Waals surface area contributed by atoms with Crippen molar-refractivity contribution in [3.05, 3.63) is 29.2 Å².